The quantitative estimate of drug-likeness (QED) is 0.724. The van der Waals surface area contributed by atoms with Gasteiger partial charge >= 0.3 is 0 Å². The van der Waals surface area contributed by atoms with Crippen LogP contribution in [-0.2, 0) is 4.79 Å². The predicted molar refractivity (Wildman–Crippen MR) is 68.9 cm³/mol. The molecular weight excluding hydrogens is 214 g/mol. The molecule has 1 atom stereocenters. The minimum absolute atomic E-state index is 0.141. The average molecular weight is 237 g/mol. The van der Waals surface area contributed by atoms with Gasteiger partial charge in [-0.3, -0.25) is 9.69 Å². The molecule has 4 nitrogen and oxygen atoms in total. The Morgan fingerprint density at radius 1 is 1.35 bits per heavy atom. The van der Waals surface area contributed by atoms with E-state index in [4.69, 9.17) is 0 Å². The first-order valence-corrected chi connectivity index (χ1v) is 6.58. The molecule has 1 N–H and O–H groups in total. The molecule has 96 valence electrons. The summed E-state index contributed by atoms with van der Waals surface area (Å²) in [5, 5.41) is 3.36. The molecular formula is C13H23N3O. The van der Waals surface area contributed by atoms with Crippen molar-refractivity contribution in [1.29, 1.82) is 0 Å². The van der Waals surface area contributed by atoms with Gasteiger partial charge < -0.3 is 10.2 Å². The summed E-state index contributed by atoms with van der Waals surface area (Å²) in [7, 11) is 0. The van der Waals surface area contributed by atoms with Crippen molar-refractivity contribution < 1.29 is 4.79 Å². The van der Waals surface area contributed by atoms with E-state index in [1.54, 1.807) is 0 Å². The van der Waals surface area contributed by atoms with Crippen LogP contribution in [0.3, 0.4) is 0 Å². The van der Waals surface area contributed by atoms with E-state index in [1.165, 1.54) is 0 Å². The summed E-state index contributed by atoms with van der Waals surface area (Å²) >= 11 is 0. The van der Waals surface area contributed by atoms with Crippen LogP contribution in [0.25, 0.3) is 0 Å². The SMILES string of the molecule is C=C(C)C(=O)N1CCCC1CN1CCNCC1. The van der Waals surface area contributed by atoms with E-state index in [2.05, 4.69) is 16.8 Å². The van der Waals surface area contributed by atoms with Crippen LogP contribution in [-0.4, -0.2) is 61.0 Å². The van der Waals surface area contributed by atoms with Crippen molar-refractivity contribution in [2.45, 2.75) is 25.8 Å². The number of carbonyl (C=O) groups is 1. The first-order valence-electron chi connectivity index (χ1n) is 6.58. The summed E-state index contributed by atoms with van der Waals surface area (Å²) in [6.07, 6.45) is 2.28. The lowest BCUT2D eigenvalue weighted by molar-refractivity contribution is -0.128. The van der Waals surface area contributed by atoms with Crippen LogP contribution >= 0.6 is 0 Å². The lowest BCUT2D eigenvalue weighted by Crippen LogP contribution is -2.49. The standard InChI is InChI=1S/C13H23N3O/c1-11(2)13(17)16-7-3-4-12(16)10-15-8-5-14-6-9-15/h12,14H,1,3-10H2,2H3. The number of hydrogen-bond acceptors (Lipinski definition) is 3. The number of carbonyl (C=O) groups excluding carboxylic acids is 1. The van der Waals surface area contributed by atoms with Crippen molar-refractivity contribution in [3.63, 3.8) is 0 Å². The Bertz CT molecular complexity index is 297. The van der Waals surface area contributed by atoms with Gasteiger partial charge in [0.25, 0.3) is 0 Å². The molecule has 0 aromatic rings. The number of likely N-dealkylation sites (tertiary alicyclic amines) is 1. The molecule has 0 saturated carbocycles. The zero-order valence-corrected chi connectivity index (χ0v) is 10.7. The minimum atomic E-state index is 0.141. The fraction of sp³-hybridized carbons (Fsp3) is 0.769. The Morgan fingerprint density at radius 2 is 2.06 bits per heavy atom. The number of rotatable bonds is 3. The predicted octanol–water partition coefficient (Wildman–Crippen LogP) is 0.459. The molecule has 17 heavy (non-hydrogen) atoms. The maximum Gasteiger partial charge on any atom is 0.249 e. The molecule has 2 rings (SSSR count). The largest absolute Gasteiger partial charge is 0.335 e. The van der Waals surface area contributed by atoms with Gasteiger partial charge in [-0.05, 0) is 19.8 Å². The van der Waals surface area contributed by atoms with Crippen molar-refractivity contribution in [2.75, 3.05) is 39.3 Å². The fourth-order valence-corrected chi connectivity index (χ4v) is 2.73. The van der Waals surface area contributed by atoms with E-state index in [-0.39, 0.29) is 5.91 Å². The second-order valence-corrected chi connectivity index (χ2v) is 5.13. The zero-order chi connectivity index (χ0) is 12.3. The van der Waals surface area contributed by atoms with Crippen molar-refractivity contribution >= 4 is 5.91 Å². The van der Waals surface area contributed by atoms with Gasteiger partial charge in [0.05, 0.1) is 0 Å². The maximum atomic E-state index is 12.0. The van der Waals surface area contributed by atoms with E-state index in [0.717, 1.165) is 52.1 Å². The monoisotopic (exact) mass is 237 g/mol. The molecule has 2 aliphatic heterocycles. The van der Waals surface area contributed by atoms with Crippen LogP contribution in [0.4, 0.5) is 0 Å². The highest BCUT2D eigenvalue weighted by molar-refractivity contribution is 5.92. The molecule has 0 radical (unpaired) electrons. The molecule has 0 aromatic carbocycles. The molecule has 1 amide bonds. The number of nitrogens with one attached hydrogen (secondary N) is 1. The average Bonchev–Trinajstić information content (AvgIpc) is 2.77. The third kappa shape index (κ3) is 3.07. The van der Waals surface area contributed by atoms with Crippen molar-refractivity contribution in [3.8, 4) is 0 Å². The Labute approximate surface area is 104 Å². The van der Waals surface area contributed by atoms with Crippen molar-refractivity contribution in [1.82, 2.24) is 15.1 Å². The van der Waals surface area contributed by atoms with E-state index in [9.17, 15) is 4.79 Å². The molecule has 1 unspecified atom stereocenters. The van der Waals surface area contributed by atoms with Gasteiger partial charge in [0.15, 0.2) is 0 Å². The molecule has 0 bridgehead atoms. The highest BCUT2D eigenvalue weighted by atomic mass is 16.2. The second-order valence-electron chi connectivity index (χ2n) is 5.13. The molecule has 0 spiro atoms. The number of piperazine rings is 1. The van der Waals surface area contributed by atoms with Crippen LogP contribution < -0.4 is 5.32 Å². The zero-order valence-electron chi connectivity index (χ0n) is 10.7. The molecule has 2 heterocycles. The first kappa shape index (κ1) is 12.6. The summed E-state index contributed by atoms with van der Waals surface area (Å²) in [6, 6.07) is 0.400. The van der Waals surface area contributed by atoms with Gasteiger partial charge in [0, 0.05) is 50.9 Å². The number of nitrogens with zero attached hydrogens (tertiary/aromatic N) is 2. The fourth-order valence-electron chi connectivity index (χ4n) is 2.73. The highest BCUT2D eigenvalue weighted by Gasteiger charge is 2.30. The Balaban J connectivity index is 1.90. The topological polar surface area (TPSA) is 35.6 Å². The van der Waals surface area contributed by atoms with Crippen LogP contribution in [0.2, 0.25) is 0 Å². The third-order valence-electron chi connectivity index (χ3n) is 3.68. The number of hydrogen-bond donors (Lipinski definition) is 1. The molecule has 0 aliphatic carbocycles. The van der Waals surface area contributed by atoms with E-state index < -0.39 is 0 Å². The Kier molecular flexibility index (Phi) is 4.18. The summed E-state index contributed by atoms with van der Waals surface area (Å²) < 4.78 is 0. The lowest BCUT2D eigenvalue weighted by Gasteiger charge is -2.33. The van der Waals surface area contributed by atoms with Crippen molar-refractivity contribution in [2.24, 2.45) is 0 Å². The summed E-state index contributed by atoms with van der Waals surface area (Å²) in [5.74, 6) is 0.141. The van der Waals surface area contributed by atoms with E-state index in [1.807, 2.05) is 11.8 Å². The Hall–Kier alpha value is -0.870. The van der Waals surface area contributed by atoms with Gasteiger partial charge in [-0.1, -0.05) is 6.58 Å². The lowest BCUT2D eigenvalue weighted by atomic mass is 10.2. The maximum absolute atomic E-state index is 12.0. The first-order chi connectivity index (χ1) is 8.18. The normalized spacial score (nSPS) is 26.2. The van der Waals surface area contributed by atoms with Crippen molar-refractivity contribution in [3.05, 3.63) is 12.2 Å². The summed E-state index contributed by atoms with van der Waals surface area (Å²) in [5.41, 5.74) is 0.664. The van der Waals surface area contributed by atoms with Crippen LogP contribution in [0.5, 0.6) is 0 Å². The smallest absolute Gasteiger partial charge is 0.249 e. The van der Waals surface area contributed by atoms with E-state index in [0.29, 0.717) is 11.6 Å². The number of amides is 1. The molecule has 0 aromatic heterocycles. The van der Waals surface area contributed by atoms with Gasteiger partial charge in [0.2, 0.25) is 5.91 Å². The van der Waals surface area contributed by atoms with Crippen LogP contribution in [0.1, 0.15) is 19.8 Å². The van der Waals surface area contributed by atoms with Gasteiger partial charge in [0.1, 0.15) is 0 Å². The molecule has 2 aliphatic rings. The molecule has 2 fully saturated rings. The van der Waals surface area contributed by atoms with Gasteiger partial charge in [-0.15, -0.1) is 0 Å². The van der Waals surface area contributed by atoms with Crippen LogP contribution in [0.15, 0.2) is 12.2 Å². The second kappa shape index (κ2) is 5.65. The minimum Gasteiger partial charge on any atom is -0.335 e. The van der Waals surface area contributed by atoms with E-state index >= 15 is 0 Å². The molecule has 4 heteroatoms. The molecule has 2 saturated heterocycles. The van der Waals surface area contributed by atoms with Gasteiger partial charge in [-0.25, -0.2) is 0 Å². The highest BCUT2D eigenvalue weighted by Crippen LogP contribution is 2.20. The Morgan fingerprint density at radius 3 is 2.71 bits per heavy atom. The third-order valence-corrected chi connectivity index (χ3v) is 3.68. The van der Waals surface area contributed by atoms with Gasteiger partial charge in [-0.2, -0.15) is 0 Å². The summed E-state index contributed by atoms with van der Waals surface area (Å²) in [4.78, 5) is 16.5. The summed E-state index contributed by atoms with van der Waals surface area (Å²) in [6.45, 7) is 11.9. The van der Waals surface area contributed by atoms with Crippen LogP contribution in [0, 0.1) is 0 Å².